The highest BCUT2D eigenvalue weighted by Crippen LogP contribution is 2.34. The molecule has 1 aromatic heterocycles. The molecular weight excluding hydrogens is 342 g/mol. The van der Waals surface area contributed by atoms with Crippen LogP contribution in [0.3, 0.4) is 0 Å². The maximum Gasteiger partial charge on any atom is 0.323 e. The largest absolute Gasteiger partial charge is 0.454 e. The molecule has 2 aromatic carbocycles. The standard InChI is InChI=1S/C21H17N3O3/c1-3-14-16(4-2)23-17-8-6-5-7-15(17)20(14)24-21(25)22-13-9-10-18-19(11-13)27-12-26-18/h3-11H,1-2,12H2,(H2,22,23,24,25). The number of hydrogen-bond donors (Lipinski definition) is 2. The van der Waals surface area contributed by atoms with Crippen molar-refractivity contribution in [2.75, 3.05) is 17.4 Å². The molecule has 1 aliphatic rings. The fraction of sp³-hybridized carbons (Fsp3) is 0.0476. The summed E-state index contributed by atoms with van der Waals surface area (Å²) < 4.78 is 10.6. The summed E-state index contributed by atoms with van der Waals surface area (Å²) in [6.07, 6.45) is 3.30. The Morgan fingerprint density at radius 2 is 1.85 bits per heavy atom. The van der Waals surface area contributed by atoms with E-state index in [4.69, 9.17) is 9.47 Å². The van der Waals surface area contributed by atoms with Gasteiger partial charge in [-0.15, -0.1) is 0 Å². The number of carbonyl (C=O) groups is 1. The lowest BCUT2D eigenvalue weighted by atomic mass is 10.1. The van der Waals surface area contributed by atoms with Crippen LogP contribution < -0.4 is 20.1 Å². The van der Waals surface area contributed by atoms with E-state index in [1.165, 1.54) is 0 Å². The molecule has 0 unspecified atom stereocenters. The van der Waals surface area contributed by atoms with Crippen LogP contribution >= 0.6 is 0 Å². The van der Waals surface area contributed by atoms with E-state index < -0.39 is 0 Å². The van der Waals surface area contributed by atoms with E-state index in [1.54, 1.807) is 30.4 Å². The molecule has 3 aromatic rings. The van der Waals surface area contributed by atoms with Crippen molar-refractivity contribution in [3.8, 4) is 11.5 Å². The molecule has 6 nitrogen and oxygen atoms in total. The Labute approximate surface area is 156 Å². The highest BCUT2D eigenvalue weighted by Gasteiger charge is 2.16. The number of aromatic nitrogens is 1. The van der Waals surface area contributed by atoms with Crippen molar-refractivity contribution in [2.24, 2.45) is 0 Å². The number of carbonyl (C=O) groups excluding carboxylic acids is 1. The van der Waals surface area contributed by atoms with Crippen LogP contribution in [0.15, 0.2) is 55.6 Å². The molecular formula is C21H17N3O3. The van der Waals surface area contributed by atoms with E-state index >= 15 is 0 Å². The summed E-state index contributed by atoms with van der Waals surface area (Å²) in [5.74, 6) is 1.26. The van der Waals surface area contributed by atoms with Gasteiger partial charge >= 0.3 is 6.03 Å². The number of nitrogens with one attached hydrogen (secondary N) is 2. The second-order valence-electron chi connectivity index (χ2n) is 5.86. The summed E-state index contributed by atoms with van der Waals surface area (Å²) in [6, 6.07) is 12.4. The van der Waals surface area contributed by atoms with Crippen LogP contribution in [0.2, 0.25) is 0 Å². The maximum absolute atomic E-state index is 12.6. The molecule has 2 N–H and O–H groups in total. The van der Waals surface area contributed by atoms with Crippen molar-refractivity contribution in [3.05, 3.63) is 66.9 Å². The summed E-state index contributed by atoms with van der Waals surface area (Å²) in [6.45, 7) is 7.83. The van der Waals surface area contributed by atoms with E-state index in [1.807, 2.05) is 24.3 Å². The van der Waals surface area contributed by atoms with Crippen molar-refractivity contribution in [2.45, 2.75) is 0 Å². The minimum absolute atomic E-state index is 0.182. The lowest BCUT2D eigenvalue weighted by molar-refractivity contribution is 0.174. The van der Waals surface area contributed by atoms with Gasteiger partial charge in [-0.25, -0.2) is 9.78 Å². The average molecular weight is 359 g/mol. The predicted octanol–water partition coefficient (Wildman–Crippen LogP) is 4.89. The molecule has 134 valence electrons. The highest BCUT2D eigenvalue weighted by atomic mass is 16.7. The SMILES string of the molecule is C=Cc1nc2ccccc2c(NC(=O)Nc2ccc3c(c2)OCO3)c1C=C. The molecule has 0 spiro atoms. The fourth-order valence-corrected chi connectivity index (χ4v) is 2.99. The number of pyridine rings is 1. The number of para-hydroxylation sites is 1. The zero-order valence-corrected chi connectivity index (χ0v) is 14.5. The number of anilines is 2. The van der Waals surface area contributed by atoms with Gasteiger partial charge in [0.05, 0.1) is 16.9 Å². The molecule has 0 radical (unpaired) electrons. The molecule has 0 saturated carbocycles. The van der Waals surface area contributed by atoms with Gasteiger partial charge in [-0.2, -0.15) is 0 Å². The first-order chi connectivity index (χ1) is 13.2. The van der Waals surface area contributed by atoms with Crippen LogP contribution in [0.1, 0.15) is 11.3 Å². The maximum atomic E-state index is 12.6. The quantitative estimate of drug-likeness (QED) is 0.695. The van der Waals surface area contributed by atoms with E-state index in [9.17, 15) is 4.79 Å². The van der Waals surface area contributed by atoms with Crippen molar-refractivity contribution >= 4 is 40.5 Å². The number of urea groups is 1. The number of rotatable bonds is 4. The predicted molar refractivity (Wildman–Crippen MR) is 107 cm³/mol. The van der Waals surface area contributed by atoms with Crippen molar-refractivity contribution in [3.63, 3.8) is 0 Å². The Morgan fingerprint density at radius 1 is 1.04 bits per heavy atom. The number of amides is 2. The molecule has 27 heavy (non-hydrogen) atoms. The van der Waals surface area contributed by atoms with E-state index in [-0.39, 0.29) is 12.8 Å². The van der Waals surface area contributed by atoms with Crippen LogP contribution in [0, 0.1) is 0 Å². The van der Waals surface area contributed by atoms with Gasteiger partial charge in [-0.1, -0.05) is 37.4 Å². The number of fused-ring (bicyclic) bond motifs is 2. The molecule has 6 heteroatoms. The second-order valence-corrected chi connectivity index (χ2v) is 5.86. The minimum Gasteiger partial charge on any atom is -0.454 e. The topological polar surface area (TPSA) is 72.5 Å². The average Bonchev–Trinajstić information content (AvgIpc) is 3.15. The smallest absolute Gasteiger partial charge is 0.323 e. The van der Waals surface area contributed by atoms with E-state index in [0.717, 1.165) is 10.9 Å². The van der Waals surface area contributed by atoms with Gasteiger partial charge in [0.2, 0.25) is 6.79 Å². The first kappa shape index (κ1) is 16.7. The van der Waals surface area contributed by atoms with Gasteiger partial charge in [-0.3, -0.25) is 0 Å². The van der Waals surface area contributed by atoms with Gasteiger partial charge in [-0.05, 0) is 24.3 Å². The normalized spacial score (nSPS) is 11.9. The summed E-state index contributed by atoms with van der Waals surface area (Å²) in [7, 11) is 0. The molecule has 0 atom stereocenters. The Balaban J connectivity index is 1.67. The summed E-state index contributed by atoms with van der Waals surface area (Å²) in [5.41, 5.74) is 3.35. The second kappa shape index (κ2) is 6.84. The van der Waals surface area contributed by atoms with Crippen molar-refractivity contribution < 1.29 is 14.3 Å². The zero-order chi connectivity index (χ0) is 18.8. The third-order valence-corrected chi connectivity index (χ3v) is 4.23. The van der Waals surface area contributed by atoms with Gasteiger partial charge < -0.3 is 20.1 Å². The van der Waals surface area contributed by atoms with Crippen LogP contribution in [-0.4, -0.2) is 17.8 Å². The molecule has 1 aliphatic heterocycles. The monoisotopic (exact) mass is 359 g/mol. The minimum atomic E-state index is -0.386. The number of benzene rings is 2. The molecule has 0 saturated heterocycles. The van der Waals surface area contributed by atoms with Crippen LogP contribution in [0.25, 0.3) is 23.1 Å². The summed E-state index contributed by atoms with van der Waals surface area (Å²) in [5, 5.41) is 6.54. The Bertz CT molecular complexity index is 1080. The van der Waals surface area contributed by atoms with Crippen molar-refractivity contribution in [1.82, 2.24) is 4.98 Å². The molecule has 0 aliphatic carbocycles. The van der Waals surface area contributed by atoms with E-state index in [2.05, 4.69) is 28.8 Å². The van der Waals surface area contributed by atoms with E-state index in [0.29, 0.717) is 34.1 Å². The summed E-state index contributed by atoms with van der Waals surface area (Å²) >= 11 is 0. The van der Waals surface area contributed by atoms with Gasteiger partial charge in [0, 0.05) is 22.7 Å². The first-order valence-corrected chi connectivity index (χ1v) is 8.35. The van der Waals surface area contributed by atoms with Crippen molar-refractivity contribution in [1.29, 1.82) is 0 Å². The number of ether oxygens (including phenoxy) is 2. The summed E-state index contributed by atoms with van der Waals surface area (Å²) in [4.78, 5) is 17.2. The Morgan fingerprint density at radius 3 is 2.67 bits per heavy atom. The third kappa shape index (κ3) is 3.08. The molecule has 4 rings (SSSR count). The van der Waals surface area contributed by atoms with Crippen LogP contribution in [0.5, 0.6) is 11.5 Å². The molecule has 2 heterocycles. The Hall–Kier alpha value is -3.80. The zero-order valence-electron chi connectivity index (χ0n) is 14.5. The lowest BCUT2D eigenvalue weighted by Crippen LogP contribution is -2.20. The fourth-order valence-electron chi connectivity index (χ4n) is 2.99. The number of nitrogens with zero attached hydrogens (tertiary/aromatic N) is 1. The third-order valence-electron chi connectivity index (χ3n) is 4.23. The molecule has 0 fully saturated rings. The Kier molecular flexibility index (Phi) is 4.22. The van der Waals surface area contributed by atoms with Gasteiger partial charge in [0.1, 0.15) is 0 Å². The molecule has 0 bridgehead atoms. The first-order valence-electron chi connectivity index (χ1n) is 8.35. The van der Waals surface area contributed by atoms with Gasteiger partial charge in [0.25, 0.3) is 0 Å². The van der Waals surface area contributed by atoms with Crippen LogP contribution in [0.4, 0.5) is 16.2 Å². The molecule has 2 amide bonds. The van der Waals surface area contributed by atoms with Crippen LogP contribution in [-0.2, 0) is 0 Å². The van der Waals surface area contributed by atoms with Gasteiger partial charge in [0.15, 0.2) is 11.5 Å². The number of hydrogen-bond acceptors (Lipinski definition) is 4. The highest BCUT2D eigenvalue weighted by molar-refractivity contribution is 6.08. The lowest BCUT2D eigenvalue weighted by Gasteiger charge is -2.15.